The van der Waals surface area contributed by atoms with E-state index in [1.807, 2.05) is 31.2 Å². The maximum absolute atomic E-state index is 13.5. The van der Waals surface area contributed by atoms with E-state index in [2.05, 4.69) is 4.90 Å². The molecule has 0 atom stereocenters. The quantitative estimate of drug-likeness (QED) is 0.323. The highest BCUT2D eigenvalue weighted by Crippen LogP contribution is 2.50. The molecule has 0 aromatic heterocycles. The van der Waals surface area contributed by atoms with E-state index in [1.165, 1.54) is 0 Å². The number of hydrogen-bond acceptors (Lipinski definition) is 6. The monoisotopic (exact) mass is 569 g/mol. The molecule has 3 aliphatic rings. The Kier molecular flexibility index (Phi) is 8.65. The molecule has 1 aliphatic heterocycles. The molecule has 5 rings (SSSR count). The van der Waals surface area contributed by atoms with Crippen molar-refractivity contribution < 1.29 is 23.8 Å². The molecule has 2 aromatic rings. The lowest BCUT2D eigenvalue weighted by Crippen LogP contribution is -2.40. The molecule has 0 amide bonds. The second kappa shape index (κ2) is 12.2. The molecule has 0 saturated heterocycles. The van der Waals surface area contributed by atoms with E-state index in [0.29, 0.717) is 54.1 Å². The fourth-order valence-corrected chi connectivity index (χ4v) is 6.35. The lowest BCUT2D eigenvalue weighted by molar-refractivity contribution is -0.117. The molecule has 0 spiro atoms. The highest BCUT2D eigenvalue weighted by molar-refractivity contribution is 6.35. The molecule has 0 unspecified atom stereocenters. The SMILES string of the molecule is CCOc1cc(C2C3=C(CCCC3=O)N(CCOC)C3=C2C(=O)CCC3)ccc1OCc1ccc(Cl)cc1Cl. The van der Waals surface area contributed by atoms with E-state index in [-0.39, 0.29) is 18.2 Å². The standard InChI is InChI=1S/C31H33Cl2NO5/c1-3-38-28-16-19(11-13-27(28)39-18-20-10-12-21(32)17-22(20)33)29-30-23(6-4-8-25(30)35)34(14-15-37-2)24-7-5-9-26(36)31(24)29/h10-13,16-17,29H,3-9,14-15,18H2,1-2H3. The first-order valence-electron chi connectivity index (χ1n) is 13.5. The summed E-state index contributed by atoms with van der Waals surface area (Å²) in [7, 11) is 1.68. The van der Waals surface area contributed by atoms with Gasteiger partial charge >= 0.3 is 0 Å². The summed E-state index contributed by atoms with van der Waals surface area (Å²) in [6.07, 6.45) is 4.24. The third kappa shape index (κ3) is 5.60. The summed E-state index contributed by atoms with van der Waals surface area (Å²) in [5, 5.41) is 1.09. The largest absolute Gasteiger partial charge is 0.490 e. The molecular formula is C31H33Cl2NO5. The molecule has 0 fully saturated rings. The number of methoxy groups -OCH3 is 1. The van der Waals surface area contributed by atoms with Gasteiger partial charge in [0, 0.05) is 70.6 Å². The molecule has 0 radical (unpaired) electrons. The first-order valence-corrected chi connectivity index (χ1v) is 14.3. The number of carbonyl (C=O) groups is 2. The first-order chi connectivity index (χ1) is 18.9. The zero-order valence-corrected chi connectivity index (χ0v) is 23.9. The highest BCUT2D eigenvalue weighted by Gasteiger charge is 2.43. The van der Waals surface area contributed by atoms with E-state index in [4.69, 9.17) is 37.4 Å². The zero-order valence-electron chi connectivity index (χ0n) is 22.4. The van der Waals surface area contributed by atoms with Gasteiger partial charge in [-0.2, -0.15) is 0 Å². The fourth-order valence-electron chi connectivity index (χ4n) is 5.89. The lowest BCUT2D eigenvalue weighted by Gasteiger charge is -2.44. The topological polar surface area (TPSA) is 65.1 Å². The number of carbonyl (C=O) groups excluding carboxylic acids is 2. The summed E-state index contributed by atoms with van der Waals surface area (Å²) >= 11 is 12.4. The van der Waals surface area contributed by atoms with Crippen molar-refractivity contribution in [2.75, 3.05) is 26.9 Å². The number of Topliss-reactive ketones (excluding diaryl/α,β-unsaturated/α-hetero) is 2. The predicted molar refractivity (Wildman–Crippen MR) is 151 cm³/mol. The Balaban J connectivity index is 1.56. The highest BCUT2D eigenvalue weighted by atomic mass is 35.5. The van der Waals surface area contributed by atoms with Crippen LogP contribution in [-0.2, 0) is 20.9 Å². The van der Waals surface area contributed by atoms with Crippen molar-refractivity contribution in [2.45, 2.75) is 58.0 Å². The fraction of sp³-hybridized carbons (Fsp3) is 0.419. The van der Waals surface area contributed by atoms with Crippen molar-refractivity contribution in [1.82, 2.24) is 4.90 Å². The van der Waals surface area contributed by atoms with E-state index in [1.54, 1.807) is 19.2 Å². The number of hydrogen-bond donors (Lipinski definition) is 0. The Hall–Kier alpha value is -2.80. The number of halogens is 2. The van der Waals surface area contributed by atoms with Gasteiger partial charge in [-0.25, -0.2) is 0 Å². The van der Waals surface area contributed by atoms with Crippen molar-refractivity contribution in [3.05, 3.63) is 80.1 Å². The maximum atomic E-state index is 13.5. The zero-order chi connectivity index (χ0) is 27.5. The van der Waals surface area contributed by atoms with E-state index in [9.17, 15) is 9.59 Å². The summed E-state index contributed by atoms with van der Waals surface area (Å²) in [4.78, 5) is 29.2. The number of benzene rings is 2. The van der Waals surface area contributed by atoms with Gasteiger partial charge in [0.1, 0.15) is 6.61 Å². The number of ether oxygens (including phenoxy) is 3. The van der Waals surface area contributed by atoms with Crippen LogP contribution in [0.3, 0.4) is 0 Å². The van der Waals surface area contributed by atoms with Crippen molar-refractivity contribution in [3.63, 3.8) is 0 Å². The molecule has 6 nitrogen and oxygen atoms in total. The lowest BCUT2D eigenvalue weighted by atomic mass is 9.71. The van der Waals surface area contributed by atoms with Gasteiger partial charge in [0.2, 0.25) is 0 Å². The minimum absolute atomic E-state index is 0.115. The molecule has 0 bridgehead atoms. The number of rotatable bonds is 9. The van der Waals surface area contributed by atoms with Gasteiger partial charge in [0.25, 0.3) is 0 Å². The van der Waals surface area contributed by atoms with Gasteiger partial charge in [-0.15, -0.1) is 0 Å². The molecule has 1 heterocycles. The van der Waals surface area contributed by atoms with Crippen LogP contribution in [0.25, 0.3) is 0 Å². The van der Waals surface area contributed by atoms with Crippen LogP contribution in [0, 0.1) is 0 Å². The summed E-state index contributed by atoms with van der Waals surface area (Å²) in [6.45, 7) is 3.76. The molecule has 8 heteroatoms. The van der Waals surface area contributed by atoms with Crippen molar-refractivity contribution >= 4 is 34.8 Å². The summed E-state index contributed by atoms with van der Waals surface area (Å²) < 4.78 is 17.5. The molecule has 206 valence electrons. The Labute approximate surface area is 239 Å². The Morgan fingerprint density at radius 1 is 0.872 bits per heavy atom. The van der Waals surface area contributed by atoms with Gasteiger partial charge in [-0.3, -0.25) is 9.59 Å². The minimum atomic E-state index is -0.409. The third-order valence-electron chi connectivity index (χ3n) is 7.60. The smallest absolute Gasteiger partial charge is 0.161 e. The van der Waals surface area contributed by atoms with E-state index >= 15 is 0 Å². The van der Waals surface area contributed by atoms with Crippen molar-refractivity contribution in [3.8, 4) is 11.5 Å². The molecule has 0 N–H and O–H groups in total. The van der Waals surface area contributed by atoms with Crippen LogP contribution in [0.5, 0.6) is 11.5 Å². The Morgan fingerprint density at radius 2 is 1.56 bits per heavy atom. The van der Waals surface area contributed by atoms with Gasteiger partial charge in [-0.1, -0.05) is 35.3 Å². The number of allylic oxidation sites excluding steroid dienone is 4. The molecule has 2 aliphatic carbocycles. The summed E-state index contributed by atoms with van der Waals surface area (Å²) in [5.41, 5.74) is 5.24. The van der Waals surface area contributed by atoms with E-state index in [0.717, 1.165) is 59.4 Å². The normalized spacial score (nSPS) is 17.9. The van der Waals surface area contributed by atoms with Crippen LogP contribution < -0.4 is 9.47 Å². The molecule has 39 heavy (non-hydrogen) atoms. The predicted octanol–water partition coefficient (Wildman–Crippen LogP) is 7.03. The van der Waals surface area contributed by atoms with Crippen molar-refractivity contribution in [2.24, 2.45) is 0 Å². The Bertz CT molecular complexity index is 1300. The van der Waals surface area contributed by atoms with Crippen LogP contribution in [0.2, 0.25) is 10.0 Å². The average Bonchev–Trinajstić information content (AvgIpc) is 2.92. The van der Waals surface area contributed by atoms with Crippen LogP contribution >= 0.6 is 23.2 Å². The minimum Gasteiger partial charge on any atom is -0.490 e. The molecule has 2 aromatic carbocycles. The second-order valence-corrected chi connectivity index (χ2v) is 10.9. The van der Waals surface area contributed by atoms with Crippen molar-refractivity contribution in [1.29, 1.82) is 0 Å². The summed E-state index contributed by atoms with van der Waals surface area (Å²) in [5.74, 6) is 0.956. The molecule has 0 saturated carbocycles. The van der Waals surface area contributed by atoms with Crippen LogP contribution in [0.15, 0.2) is 58.9 Å². The van der Waals surface area contributed by atoms with E-state index < -0.39 is 5.92 Å². The maximum Gasteiger partial charge on any atom is 0.161 e. The number of nitrogens with zero attached hydrogens (tertiary/aromatic N) is 1. The van der Waals surface area contributed by atoms with Gasteiger partial charge < -0.3 is 19.1 Å². The van der Waals surface area contributed by atoms with Crippen LogP contribution in [0.1, 0.15) is 62.5 Å². The number of ketones is 2. The van der Waals surface area contributed by atoms with Gasteiger partial charge in [0.05, 0.1) is 13.2 Å². The Morgan fingerprint density at radius 3 is 2.18 bits per heavy atom. The molecular weight excluding hydrogens is 537 g/mol. The average molecular weight is 571 g/mol. The third-order valence-corrected chi connectivity index (χ3v) is 8.19. The second-order valence-electron chi connectivity index (χ2n) is 10.0. The van der Waals surface area contributed by atoms with Crippen LogP contribution in [0.4, 0.5) is 0 Å². The van der Waals surface area contributed by atoms with Gasteiger partial charge in [0.15, 0.2) is 23.1 Å². The van der Waals surface area contributed by atoms with Crippen LogP contribution in [-0.4, -0.2) is 43.3 Å². The summed E-state index contributed by atoms with van der Waals surface area (Å²) in [6, 6.07) is 11.0. The van der Waals surface area contributed by atoms with Gasteiger partial charge in [-0.05, 0) is 62.4 Å². The first kappa shape index (κ1) is 27.8.